The van der Waals surface area contributed by atoms with Gasteiger partial charge in [0.15, 0.2) is 0 Å². The zero-order valence-electron chi connectivity index (χ0n) is 9.90. The van der Waals surface area contributed by atoms with Crippen molar-refractivity contribution in [3.63, 3.8) is 0 Å². The van der Waals surface area contributed by atoms with Crippen molar-refractivity contribution in [2.24, 2.45) is 0 Å². The number of carbonyl (C=O) groups excluding carboxylic acids is 1. The third-order valence-corrected chi connectivity index (χ3v) is 3.89. The van der Waals surface area contributed by atoms with Crippen molar-refractivity contribution in [3.8, 4) is 11.3 Å². The summed E-state index contributed by atoms with van der Waals surface area (Å²) in [4.78, 5) is 20.6. The van der Waals surface area contributed by atoms with Gasteiger partial charge in [0.25, 0.3) is 0 Å². The number of H-pyrrole nitrogens is 1. The number of fused-ring (bicyclic) bond motifs is 1. The molecule has 5 heteroatoms. The molecule has 2 aromatic rings. The number of amides is 1. The summed E-state index contributed by atoms with van der Waals surface area (Å²) >= 11 is 3.44. The smallest absolute Gasteiger partial charge is 0.227 e. The van der Waals surface area contributed by atoms with E-state index in [-0.39, 0.29) is 5.91 Å². The van der Waals surface area contributed by atoms with Crippen molar-refractivity contribution < 1.29 is 4.79 Å². The van der Waals surface area contributed by atoms with Gasteiger partial charge >= 0.3 is 0 Å². The monoisotopic (exact) mass is 305 g/mol. The average molecular weight is 306 g/mol. The number of aromatic nitrogens is 2. The number of nitrogens with zero attached hydrogens (tertiary/aromatic N) is 2. The SMILES string of the molecule is CN1C(=O)CCc2cc(-c3nc[nH]c3Br)ccc21. The largest absolute Gasteiger partial charge is 0.339 e. The lowest BCUT2D eigenvalue weighted by Crippen LogP contribution is -2.30. The molecule has 1 amide bonds. The molecule has 0 radical (unpaired) electrons. The van der Waals surface area contributed by atoms with Crippen LogP contribution in [-0.2, 0) is 11.2 Å². The van der Waals surface area contributed by atoms with Crippen molar-refractivity contribution in [2.75, 3.05) is 11.9 Å². The molecule has 92 valence electrons. The van der Waals surface area contributed by atoms with E-state index in [9.17, 15) is 4.79 Å². The maximum absolute atomic E-state index is 11.6. The zero-order chi connectivity index (χ0) is 12.7. The Balaban J connectivity index is 2.07. The van der Waals surface area contributed by atoms with Crippen LogP contribution >= 0.6 is 15.9 Å². The van der Waals surface area contributed by atoms with Gasteiger partial charge in [-0.15, -0.1) is 0 Å². The third kappa shape index (κ3) is 1.75. The minimum absolute atomic E-state index is 0.177. The lowest BCUT2D eigenvalue weighted by molar-refractivity contribution is -0.118. The van der Waals surface area contributed by atoms with Crippen molar-refractivity contribution in [2.45, 2.75) is 12.8 Å². The van der Waals surface area contributed by atoms with Crippen molar-refractivity contribution in [1.29, 1.82) is 0 Å². The van der Waals surface area contributed by atoms with Gasteiger partial charge in [0.1, 0.15) is 10.3 Å². The molecule has 1 aliphatic rings. The summed E-state index contributed by atoms with van der Waals surface area (Å²) in [6, 6.07) is 6.09. The third-order valence-electron chi connectivity index (χ3n) is 3.29. The van der Waals surface area contributed by atoms with Gasteiger partial charge in [0.05, 0.1) is 6.33 Å². The number of anilines is 1. The highest BCUT2D eigenvalue weighted by atomic mass is 79.9. The maximum Gasteiger partial charge on any atom is 0.227 e. The van der Waals surface area contributed by atoms with Crippen LogP contribution in [0.15, 0.2) is 29.1 Å². The minimum Gasteiger partial charge on any atom is -0.339 e. The number of aromatic amines is 1. The summed E-state index contributed by atoms with van der Waals surface area (Å²) in [6.07, 6.45) is 3.04. The van der Waals surface area contributed by atoms with Gasteiger partial charge in [-0.25, -0.2) is 4.98 Å². The number of benzene rings is 1. The van der Waals surface area contributed by atoms with Crippen LogP contribution in [0.25, 0.3) is 11.3 Å². The Morgan fingerprint density at radius 1 is 1.39 bits per heavy atom. The molecule has 18 heavy (non-hydrogen) atoms. The molecule has 1 aromatic heterocycles. The molecule has 3 rings (SSSR count). The molecule has 2 heterocycles. The molecule has 0 saturated carbocycles. The Kier molecular flexibility index (Phi) is 2.70. The average Bonchev–Trinajstić information content (AvgIpc) is 2.80. The Hall–Kier alpha value is -1.62. The fourth-order valence-electron chi connectivity index (χ4n) is 2.28. The molecule has 0 unspecified atom stereocenters. The normalized spacial score (nSPS) is 14.8. The van der Waals surface area contributed by atoms with E-state index in [0.717, 1.165) is 28.0 Å². The van der Waals surface area contributed by atoms with Gasteiger partial charge in [-0.05, 0) is 40.0 Å². The van der Waals surface area contributed by atoms with Gasteiger partial charge < -0.3 is 9.88 Å². The first kappa shape index (κ1) is 11.5. The van der Waals surface area contributed by atoms with Crippen molar-refractivity contribution >= 4 is 27.5 Å². The van der Waals surface area contributed by atoms with E-state index in [2.05, 4.69) is 32.0 Å². The molecule has 0 fully saturated rings. The van der Waals surface area contributed by atoms with E-state index < -0.39 is 0 Å². The number of carbonyl (C=O) groups is 1. The Morgan fingerprint density at radius 2 is 2.22 bits per heavy atom. The lowest BCUT2D eigenvalue weighted by atomic mass is 9.98. The van der Waals surface area contributed by atoms with Crippen LogP contribution in [0.1, 0.15) is 12.0 Å². The lowest BCUT2D eigenvalue weighted by Gasteiger charge is -2.26. The number of hydrogen-bond donors (Lipinski definition) is 1. The van der Waals surface area contributed by atoms with Gasteiger partial charge in [0.2, 0.25) is 5.91 Å². The van der Waals surface area contributed by atoms with E-state index in [1.54, 1.807) is 11.2 Å². The van der Waals surface area contributed by atoms with Gasteiger partial charge in [-0.3, -0.25) is 4.79 Å². The Bertz CT molecular complexity index is 620. The molecule has 0 bridgehead atoms. The highest BCUT2D eigenvalue weighted by molar-refractivity contribution is 9.10. The number of halogens is 1. The number of imidazole rings is 1. The molecular weight excluding hydrogens is 294 g/mol. The van der Waals surface area contributed by atoms with E-state index in [4.69, 9.17) is 0 Å². The summed E-state index contributed by atoms with van der Waals surface area (Å²) in [7, 11) is 1.82. The fourth-order valence-corrected chi connectivity index (χ4v) is 2.72. The van der Waals surface area contributed by atoms with Crippen LogP contribution in [0.2, 0.25) is 0 Å². The fraction of sp³-hybridized carbons (Fsp3) is 0.231. The summed E-state index contributed by atoms with van der Waals surface area (Å²) in [5.41, 5.74) is 4.16. The number of hydrogen-bond acceptors (Lipinski definition) is 2. The first-order chi connectivity index (χ1) is 8.66. The molecule has 0 saturated heterocycles. The van der Waals surface area contributed by atoms with E-state index in [1.807, 2.05) is 19.2 Å². The van der Waals surface area contributed by atoms with Crippen molar-refractivity contribution in [3.05, 3.63) is 34.7 Å². The van der Waals surface area contributed by atoms with E-state index in [1.165, 1.54) is 5.56 Å². The summed E-state index contributed by atoms with van der Waals surface area (Å²) in [5.74, 6) is 0.177. The predicted octanol–water partition coefficient (Wildman–Crippen LogP) is 2.75. The van der Waals surface area contributed by atoms with Crippen LogP contribution in [0.3, 0.4) is 0 Å². The van der Waals surface area contributed by atoms with Gasteiger partial charge in [-0.2, -0.15) is 0 Å². The van der Waals surface area contributed by atoms with Crippen LogP contribution in [0.5, 0.6) is 0 Å². The topological polar surface area (TPSA) is 49.0 Å². The second-order valence-electron chi connectivity index (χ2n) is 4.36. The highest BCUT2D eigenvalue weighted by Gasteiger charge is 2.21. The zero-order valence-corrected chi connectivity index (χ0v) is 11.5. The maximum atomic E-state index is 11.6. The molecule has 1 N–H and O–H groups in total. The second-order valence-corrected chi connectivity index (χ2v) is 5.15. The molecule has 0 aliphatic carbocycles. The number of rotatable bonds is 1. The minimum atomic E-state index is 0.177. The summed E-state index contributed by atoms with van der Waals surface area (Å²) in [5, 5.41) is 0. The van der Waals surface area contributed by atoms with Gasteiger partial charge in [-0.1, -0.05) is 6.07 Å². The molecule has 0 atom stereocenters. The quantitative estimate of drug-likeness (QED) is 0.880. The summed E-state index contributed by atoms with van der Waals surface area (Å²) in [6.45, 7) is 0. The van der Waals surface area contributed by atoms with Crippen molar-refractivity contribution in [1.82, 2.24) is 9.97 Å². The van der Waals surface area contributed by atoms with Crippen LogP contribution in [0.4, 0.5) is 5.69 Å². The summed E-state index contributed by atoms with van der Waals surface area (Å²) < 4.78 is 0.877. The molecular formula is C13H12BrN3O. The Morgan fingerprint density at radius 3 is 2.94 bits per heavy atom. The highest BCUT2D eigenvalue weighted by Crippen LogP contribution is 2.32. The van der Waals surface area contributed by atoms with Gasteiger partial charge in [0, 0.05) is 24.7 Å². The molecule has 1 aliphatic heterocycles. The van der Waals surface area contributed by atoms with Crippen LogP contribution < -0.4 is 4.90 Å². The Labute approximate surface area is 113 Å². The molecule has 1 aromatic carbocycles. The van der Waals surface area contributed by atoms with Crippen LogP contribution in [-0.4, -0.2) is 22.9 Å². The number of nitrogens with one attached hydrogen (secondary N) is 1. The van der Waals surface area contributed by atoms with Crippen LogP contribution in [0, 0.1) is 0 Å². The molecule has 0 spiro atoms. The first-order valence-electron chi connectivity index (χ1n) is 5.75. The first-order valence-corrected chi connectivity index (χ1v) is 6.55. The molecule has 4 nitrogen and oxygen atoms in total. The predicted molar refractivity (Wildman–Crippen MR) is 73.5 cm³/mol. The number of aryl methyl sites for hydroxylation is 1. The second kappa shape index (κ2) is 4.24. The van der Waals surface area contributed by atoms with E-state index >= 15 is 0 Å². The van der Waals surface area contributed by atoms with E-state index in [0.29, 0.717) is 6.42 Å². The standard InChI is InChI=1S/C13H12BrN3O/c1-17-10-4-2-9(12-13(14)16-7-15-12)6-8(10)3-5-11(17)18/h2,4,6-7H,3,5H2,1H3,(H,15,16).